The van der Waals surface area contributed by atoms with E-state index < -0.39 is 0 Å². The molecule has 1 aromatic rings. The second kappa shape index (κ2) is 3.66. The van der Waals surface area contributed by atoms with Crippen LogP contribution in [0.2, 0.25) is 0 Å². The standard InChI is InChI=1S/C10H9Br2NO/c1-2-13-9-5-8(12)7(11)3-6(9)4-10(13)14/h3,5H,2,4H2,1H3. The van der Waals surface area contributed by atoms with Crippen LogP contribution in [0.3, 0.4) is 0 Å². The molecule has 4 heteroatoms. The van der Waals surface area contributed by atoms with E-state index in [2.05, 4.69) is 31.9 Å². The lowest BCUT2D eigenvalue weighted by Gasteiger charge is -2.14. The Hall–Kier alpha value is -0.350. The molecule has 0 saturated carbocycles. The number of rotatable bonds is 1. The number of fused-ring (bicyclic) bond motifs is 1. The molecular weight excluding hydrogens is 310 g/mol. The van der Waals surface area contributed by atoms with E-state index in [1.165, 1.54) is 0 Å². The van der Waals surface area contributed by atoms with Crippen molar-refractivity contribution in [2.45, 2.75) is 13.3 Å². The van der Waals surface area contributed by atoms with E-state index >= 15 is 0 Å². The minimum absolute atomic E-state index is 0.188. The third kappa shape index (κ3) is 1.50. The van der Waals surface area contributed by atoms with Gasteiger partial charge >= 0.3 is 0 Å². The monoisotopic (exact) mass is 317 g/mol. The van der Waals surface area contributed by atoms with Crippen molar-refractivity contribution in [2.75, 3.05) is 11.4 Å². The van der Waals surface area contributed by atoms with Gasteiger partial charge in [-0.2, -0.15) is 0 Å². The van der Waals surface area contributed by atoms with Crippen molar-refractivity contribution in [3.05, 3.63) is 26.6 Å². The Morgan fingerprint density at radius 3 is 2.64 bits per heavy atom. The third-order valence-electron chi connectivity index (χ3n) is 2.37. The number of amides is 1. The molecule has 2 nitrogen and oxygen atoms in total. The molecule has 0 unspecified atom stereocenters. The number of nitrogens with zero attached hydrogens (tertiary/aromatic N) is 1. The van der Waals surface area contributed by atoms with Gasteiger partial charge in [-0.15, -0.1) is 0 Å². The number of carbonyl (C=O) groups excluding carboxylic acids is 1. The van der Waals surface area contributed by atoms with Gasteiger partial charge in [0.25, 0.3) is 0 Å². The molecule has 74 valence electrons. The molecule has 1 aliphatic rings. The Balaban J connectivity index is 2.54. The first kappa shape index (κ1) is 10.2. The predicted molar refractivity (Wildman–Crippen MR) is 63.6 cm³/mol. The number of hydrogen-bond acceptors (Lipinski definition) is 1. The minimum atomic E-state index is 0.188. The molecule has 0 aromatic heterocycles. The molecule has 0 fully saturated rings. The van der Waals surface area contributed by atoms with E-state index in [9.17, 15) is 4.79 Å². The SMILES string of the molecule is CCN1C(=O)Cc2cc(Br)c(Br)cc21. The van der Waals surface area contributed by atoms with Crippen molar-refractivity contribution < 1.29 is 4.79 Å². The van der Waals surface area contributed by atoms with E-state index in [1.807, 2.05) is 24.0 Å². The lowest BCUT2D eigenvalue weighted by molar-refractivity contribution is -0.117. The fourth-order valence-electron chi connectivity index (χ4n) is 1.71. The van der Waals surface area contributed by atoms with Gasteiger partial charge in [-0.3, -0.25) is 4.79 Å². The van der Waals surface area contributed by atoms with Crippen LogP contribution in [-0.4, -0.2) is 12.5 Å². The van der Waals surface area contributed by atoms with Gasteiger partial charge in [0, 0.05) is 21.2 Å². The number of benzene rings is 1. The first-order valence-corrected chi connectivity index (χ1v) is 6.00. The molecule has 2 rings (SSSR count). The van der Waals surface area contributed by atoms with Crippen LogP contribution in [0.1, 0.15) is 12.5 Å². The minimum Gasteiger partial charge on any atom is -0.312 e. The summed E-state index contributed by atoms with van der Waals surface area (Å²) < 4.78 is 1.99. The summed E-state index contributed by atoms with van der Waals surface area (Å²) in [5, 5.41) is 0. The zero-order valence-corrected chi connectivity index (χ0v) is 10.9. The first-order chi connectivity index (χ1) is 6.63. The highest BCUT2D eigenvalue weighted by atomic mass is 79.9. The zero-order valence-electron chi connectivity index (χ0n) is 7.68. The van der Waals surface area contributed by atoms with Gasteiger partial charge in [-0.25, -0.2) is 0 Å². The fraction of sp³-hybridized carbons (Fsp3) is 0.300. The van der Waals surface area contributed by atoms with E-state index in [0.29, 0.717) is 6.42 Å². The maximum absolute atomic E-state index is 11.6. The molecule has 0 aliphatic carbocycles. The Bertz CT molecular complexity index is 403. The normalized spacial score (nSPS) is 14.8. The fourth-order valence-corrected chi connectivity index (χ4v) is 2.43. The number of likely N-dealkylation sites (N-methyl/N-ethyl adjacent to an activating group) is 1. The lowest BCUT2D eigenvalue weighted by atomic mass is 10.2. The van der Waals surface area contributed by atoms with Crippen LogP contribution in [0, 0.1) is 0 Å². The highest BCUT2D eigenvalue weighted by molar-refractivity contribution is 9.13. The number of hydrogen-bond donors (Lipinski definition) is 0. The topological polar surface area (TPSA) is 20.3 Å². The van der Waals surface area contributed by atoms with Gasteiger partial charge in [-0.1, -0.05) is 0 Å². The summed E-state index contributed by atoms with van der Waals surface area (Å²) in [6.07, 6.45) is 0.523. The molecular formula is C10H9Br2NO. The molecule has 0 atom stereocenters. The average molecular weight is 319 g/mol. The van der Waals surface area contributed by atoms with Crippen LogP contribution < -0.4 is 4.90 Å². The average Bonchev–Trinajstić information content (AvgIpc) is 2.42. The van der Waals surface area contributed by atoms with Crippen LogP contribution in [0.15, 0.2) is 21.1 Å². The number of anilines is 1. The predicted octanol–water partition coefficient (Wildman–Crippen LogP) is 3.12. The van der Waals surface area contributed by atoms with Crippen LogP contribution in [0.4, 0.5) is 5.69 Å². The van der Waals surface area contributed by atoms with Gasteiger partial charge in [-0.05, 0) is 56.5 Å². The first-order valence-electron chi connectivity index (χ1n) is 4.41. The lowest BCUT2D eigenvalue weighted by Crippen LogP contribution is -2.25. The number of carbonyl (C=O) groups is 1. The van der Waals surface area contributed by atoms with Gasteiger partial charge in [0.2, 0.25) is 5.91 Å². The Labute approximate surface area is 99.5 Å². The van der Waals surface area contributed by atoms with Crippen molar-refractivity contribution >= 4 is 43.5 Å². The molecule has 1 aromatic carbocycles. The van der Waals surface area contributed by atoms with E-state index in [1.54, 1.807) is 0 Å². The largest absolute Gasteiger partial charge is 0.312 e. The molecule has 0 bridgehead atoms. The summed E-state index contributed by atoms with van der Waals surface area (Å²) in [5.41, 5.74) is 2.14. The Morgan fingerprint density at radius 2 is 2.00 bits per heavy atom. The summed E-state index contributed by atoms with van der Waals surface area (Å²) in [7, 11) is 0. The molecule has 0 spiro atoms. The molecule has 0 radical (unpaired) electrons. The smallest absolute Gasteiger partial charge is 0.231 e. The summed E-state index contributed by atoms with van der Waals surface area (Å²) >= 11 is 6.87. The molecule has 1 heterocycles. The van der Waals surface area contributed by atoms with Crippen LogP contribution in [0.25, 0.3) is 0 Å². The molecule has 14 heavy (non-hydrogen) atoms. The second-order valence-corrected chi connectivity index (χ2v) is 4.92. The zero-order chi connectivity index (χ0) is 10.3. The highest BCUT2D eigenvalue weighted by Crippen LogP contribution is 2.35. The van der Waals surface area contributed by atoms with Crippen LogP contribution >= 0.6 is 31.9 Å². The van der Waals surface area contributed by atoms with Crippen molar-refractivity contribution in [1.82, 2.24) is 0 Å². The summed E-state index contributed by atoms with van der Waals surface area (Å²) in [5.74, 6) is 0.188. The van der Waals surface area contributed by atoms with Gasteiger partial charge in [0.15, 0.2) is 0 Å². The molecule has 0 saturated heterocycles. The Morgan fingerprint density at radius 1 is 1.36 bits per heavy atom. The summed E-state index contributed by atoms with van der Waals surface area (Å²) in [6.45, 7) is 2.73. The van der Waals surface area contributed by atoms with E-state index in [-0.39, 0.29) is 5.91 Å². The summed E-state index contributed by atoms with van der Waals surface area (Å²) in [4.78, 5) is 13.4. The van der Waals surface area contributed by atoms with Crippen molar-refractivity contribution in [3.8, 4) is 0 Å². The molecule has 1 aliphatic heterocycles. The van der Waals surface area contributed by atoms with E-state index in [4.69, 9.17) is 0 Å². The van der Waals surface area contributed by atoms with Gasteiger partial charge < -0.3 is 4.90 Å². The highest BCUT2D eigenvalue weighted by Gasteiger charge is 2.26. The number of halogens is 2. The maximum atomic E-state index is 11.6. The van der Waals surface area contributed by atoms with Crippen LogP contribution in [-0.2, 0) is 11.2 Å². The van der Waals surface area contributed by atoms with Crippen molar-refractivity contribution in [3.63, 3.8) is 0 Å². The molecule has 1 amide bonds. The molecule has 0 N–H and O–H groups in total. The van der Waals surface area contributed by atoms with Crippen molar-refractivity contribution in [2.24, 2.45) is 0 Å². The van der Waals surface area contributed by atoms with Crippen molar-refractivity contribution in [1.29, 1.82) is 0 Å². The Kier molecular flexibility index (Phi) is 2.66. The second-order valence-electron chi connectivity index (χ2n) is 3.21. The van der Waals surface area contributed by atoms with Gasteiger partial charge in [0.1, 0.15) is 0 Å². The van der Waals surface area contributed by atoms with Gasteiger partial charge in [0.05, 0.1) is 6.42 Å². The maximum Gasteiger partial charge on any atom is 0.231 e. The van der Waals surface area contributed by atoms with E-state index in [0.717, 1.165) is 26.7 Å². The third-order valence-corrected chi connectivity index (χ3v) is 4.22. The summed E-state index contributed by atoms with van der Waals surface area (Å²) in [6, 6.07) is 4.00. The quantitative estimate of drug-likeness (QED) is 0.779. The van der Waals surface area contributed by atoms with Crippen LogP contribution in [0.5, 0.6) is 0 Å².